The van der Waals surface area contributed by atoms with Crippen molar-refractivity contribution >= 4 is 29.1 Å². The van der Waals surface area contributed by atoms with Gasteiger partial charge in [0.2, 0.25) is 0 Å². The van der Waals surface area contributed by atoms with Crippen LogP contribution in [0.3, 0.4) is 0 Å². The Bertz CT molecular complexity index is 929. The number of rotatable bonds is 8. The lowest BCUT2D eigenvalue weighted by Crippen LogP contribution is -2.06. The molecule has 2 rings (SSSR count). The maximum Gasteiger partial charge on any atom is 0.149 e. The smallest absolute Gasteiger partial charge is 0.149 e. The summed E-state index contributed by atoms with van der Waals surface area (Å²) >= 11 is 6.91. The number of phenols is 1. The molecule has 0 aromatic heterocycles. The fraction of sp³-hybridized carbons (Fsp3) is 0.143. The van der Waals surface area contributed by atoms with Gasteiger partial charge in [0.1, 0.15) is 23.2 Å². The van der Waals surface area contributed by atoms with Crippen LogP contribution in [0.15, 0.2) is 71.7 Å². The number of benzene rings is 2. The Labute approximate surface area is 172 Å². The molecule has 0 spiro atoms. The van der Waals surface area contributed by atoms with Gasteiger partial charge in [-0.2, -0.15) is 0 Å². The number of hydrogen-bond acceptors (Lipinski definition) is 4. The number of ether oxygens (including phenoxy) is 1. The number of methoxy groups -OCH3 is 1. The molecule has 0 saturated carbocycles. The second kappa shape index (κ2) is 10.3. The van der Waals surface area contributed by atoms with E-state index in [2.05, 4.69) is 11.3 Å². The largest absolute Gasteiger partial charge is 0.505 e. The summed E-state index contributed by atoms with van der Waals surface area (Å²) in [5.74, 6) is -1.13. The predicted octanol–water partition coefficient (Wildman–Crippen LogP) is 6.38. The van der Waals surface area contributed by atoms with E-state index >= 15 is 0 Å². The predicted molar refractivity (Wildman–Crippen MR) is 112 cm³/mol. The van der Waals surface area contributed by atoms with E-state index in [0.717, 1.165) is 23.6 Å². The highest BCUT2D eigenvalue weighted by Crippen LogP contribution is 2.35. The highest BCUT2D eigenvalue weighted by Gasteiger charge is 2.12. The van der Waals surface area contributed by atoms with E-state index in [0.29, 0.717) is 16.2 Å². The van der Waals surface area contributed by atoms with E-state index in [1.54, 1.807) is 36.4 Å². The first-order valence-corrected chi connectivity index (χ1v) is 9.47. The molecule has 0 saturated heterocycles. The van der Waals surface area contributed by atoms with Gasteiger partial charge in [-0.05, 0) is 42.6 Å². The first-order valence-electron chi connectivity index (χ1n) is 8.27. The van der Waals surface area contributed by atoms with Gasteiger partial charge in [0.05, 0.1) is 23.6 Å². The number of halogens is 3. The Kier molecular flexibility index (Phi) is 8.11. The summed E-state index contributed by atoms with van der Waals surface area (Å²) in [6.45, 7) is 5.18. The lowest BCUT2D eigenvalue weighted by molar-refractivity contribution is 0.413. The van der Waals surface area contributed by atoms with Crippen LogP contribution in [0, 0.1) is 6.92 Å². The van der Waals surface area contributed by atoms with Crippen LogP contribution in [-0.4, -0.2) is 18.8 Å². The molecular formula is C21H20ClF2NO2S. The number of allylic oxidation sites excluding steroid dienone is 4. The molecule has 0 unspecified atom stereocenters. The Balaban J connectivity index is 2.13. The Morgan fingerprint density at radius 2 is 2.04 bits per heavy atom. The van der Waals surface area contributed by atoms with Crippen LogP contribution in [0.25, 0.3) is 5.57 Å². The average Bonchev–Trinajstić information content (AvgIpc) is 2.66. The van der Waals surface area contributed by atoms with E-state index in [4.69, 9.17) is 16.3 Å². The number of hydrogen-bond donors (Lipinski definition) is 2. The van der Waals surface area contributed by atoms with Gasteiger partial charge in [0.15, 0.2) is 0 Å². The third-order valence-corrected chi connectivity index (χ3v) is 4.85. The zero-order valence-electron chi connectivity index (χ0n) is 15.4. The van der Waals surface area contributed by atoms with Gasteiger partial charge in [-0.25, -0.2) is 8.78 Å². The first kappa shape index (κ1) is 22.0. The van der Waals surface area contributed by atoms with Crippen molar-refractivity contribution in [2.75, 3.05) is 13.7 Å². The molecule has 2 aromatic rings. The van der Waals surface area contributed by atoms with Crippen LogP contribution in [-0.2, 0) is 0 Å². The topological polar surface area (TPSA) is 41.5 Å². The van der Waals surface area contributed by atoms with Crippen molar-refractivity contribution in [3.63, 3.8) is 0 Å². The maximum absolute atomic E-state index is 14.6. The van der Waals surface area contributed by atoms with Gasteiger partial charge in [-0.3, -0.25) is 4.72 Å². The van der Waals surface area contributed by atoms with Crippen molar-refractivity contribution in [3.05, 3.63) is 82.9 Å². The van der Waals surface area contributed by atoms with E-state index in [-0.39, 0.29) is 22.9 Å². The minimum atomic E-state index is -0.773. The molecule has 0 fully saturated rings. The summed E-state index contributed by atoms with van der Waals surface area (Å²) < 4.78 is 36.7. The molecule has 0 aliphatic rings. The second-order valence-corrected chi connectivity index (χ2v) is 7.11. The van der Waals surface area contributed by atoms with Crippen molar-refractivity contribution in [2.45, 2.75) is 11.8 Å². The van der Waals surface area contributed by atoms with Gasteiger partial charge in [-0.1, -0.05) is 42.5 Å². The molecule has 0 aliphatic carbocycles. The van der Waals surface area contributed by atoms with Crippen molar-refractivity contribution in [1.29, 1.82) is 0 Å². The fourth-order valence-electron chi connectivity index (χ4n) is 2.43. The highest BCUT2D eigenvalue weighted by atomic mass is 35.5. The summed E-state index contributed by atoms with van der Waals surface area (Å²) in [6, 6.07) is 10.2. The molecule has 2 N–H and O–H groups in total. The van der Waals surface area contributed by atoms with Gasteiger partial charge in [0, 0.05) is 17.2 Å². The van der Waals surface area contributed by atoms with Crippen molar-refractivity contribution < 1.29 is 18.6 Å². The quantitative estimate of drug-likeness (QED) is 0.382. The minimum absolute atomic E-state index is 0.0923. The molecule has 0 atom stereocenters. The monoisotopic (exact) mass is 423 g/mol. The lowest BCUT2D eigenvalue weighted by atomic mass is 10.0. The molecule has 0 radical (unpaired) electrons. The molecule has 2 aromatic carbocycles. The van der Waals surface area contributed by atoms with E-state index < -0.39 is 11.7 Å². The average molecular weight is 424 g/mol. The summed E-state index contributed by atoms with van der Waals surface area (Å²) in [5.41, 5.74) is 1.45. The third kappa shape index (κ3) is 5.61. The minimum Gasteiger partial charge on any atom is -0.505 e. The Morgan fingerprint density at radius 3 is 2.71 bits per heavy atom. The normalized spacial score (nSPS) is 12.5. The second-order valence-electron chi connectivity index (χ2n) is 5.77. The van der Waals surface area contributed by atoms with Gasteiger partial charge < -0.3 is 9.84 Å². The third-order valence-electron chi connectivity index (χ3n) is 3.74. The number of aryl methyl sites for hydroxylation is 1. The van der Waals surface area contributed by atoms with Crippen molar-refractivity contribution in [2.24, 2.45) is 0 Å². The maximum atomic E-state index is 14.6. The number of aromatic hydroxyl groups is 1. The van der Waals surface area contributed by atoms with Crippen LogP contribution < -0.4 is 9.46 Å². The molecule has 28 heavy (non-hydrogen) atoms. The number of phenolic OH excluding ortho intramolecular Hbond substituents is 1. The molecule has 3 nitrogen and oxygen atoms in total. The summed E-state index contributed by atoms with van der Waals surface area (Å²) in [6.07, 6.45) is 2.10. The van der Waals surface area contributed by atoms with Crippen LogP contribution in [0.5, 0.6) is 11.5 Å². The molecule has 7 heteroatoms. The van der Waals surface area contributed by atoms with Gasteiger partial charge >= 0.3 is 0 Å². The molecule has 148 valence electrons. The number of para-hydroxylation sites is 1. The van der Waals surface area contributed by atoms with E-state index in [9.17, 15) is 13.9 Å². The van der Waals surface area contributed by atoms with Crippen LogP contribution >= 0.6 is 23.5 Å². The standard InChI is InChI=1S/C21H20ClF2NO2S/c1-4-15(16-7-5-6-8-19(16)27-3)18(24)11-14(23)12-25-28-20-10-13(2)9-17(22)21(20)26/h4-11,25-26H,1,12H2,2-3H3/b14-11+,18-15-. The summed E-state index contributed by atoms with van der Waals surface area (Å²) in [4.78, 5) is 0.453. The van der Waals surface area contributed by atoms with Crippen LogP contribution in [0.2, 0.25) is 5.02 Å². The van der Waals surface area contributed by atoms with Crippen molar-refractivity contribution in [1.82, 2.24) is 4.72 Å². The first-order chi connectivity index (χ1) is 13.4. The Hall–Kier alpha value is -2.28. The highest BCUT2D eigenvalue weighted by molar-refractivity contribution is 7.97. The summed E-state index contributed by atoms with van der Waals surface area (Å²) in [5, 5.41) is 10.1. The van der Waals surface area contributed by atoms with E-state index in [1.165, 1.54) is 13.2 Å². The zero-order valence-corrected chi connectivity index (χ0v) is 17.0. The number of nitrogens with one attached hydrogen (secondary N) is 1. The van der Waals surface area contributed by atoms with Crippen LogP contribution in [0.1, 0.15) is 11.1 Å². The van der Waals surface area contributed by atoms with Gasteiger partial charge in [0.25, 0.3) is 0 Å². The lowest BCUT2D eigenvalue weighted by Gasteiger charge is -2.10. The van der Waals surface area contributed by atoms with E-state index in [1.807, 2.05) is 6.92 Å². The SMILES string of the molecule is C=C/C(=C(F)\C=C(\F)CNSc1cc(C)cc(Cl)c1O)c1ccccc1OC. The fourth-order valence-corrected chi connectivity index (χ4v) is 3.58. The summed E-state index contributed by atoms with van der Waals surface area (Å²) in [7, 11) is 1.47. The molecule has 0 aliphatic heterocycles. The van der Waals surface area contributed by atoms with Crippen molar-refractivity contribution in [3.8, 4) is 11.5 Å². The van der Waals surface area contributed by atoms with Crippen LogP contribution in [0.4, 0.5) is 8.78 Å². The molecule has 0 heterocycles. The van der Waals surface area contributed by atoms with Gasteiger partial charge in [-0.15, -0.1) is 0 Å². The Morgan fingerprint density at radius 1 is 1.32 bits per heavy atom. The molecule has 0 bridgehead atoms. The zero-order chi connectivity index (χ0) is 20.7. The molecular weight excluding hydrogens is 404 g/mol. The molecule has 0 amide bonds.